The molecule has 0 aromatic heterocycles. The van der Waals surface area contributed by atoms with E-state index in [0.29, 0.717) is 5.88 Å². The molecule has 2 fully saturated rings. The molecule has 0 bridgehead atoms. The number of carbonyl (C=O) groups excluding carboxylic acids is 2. The van der Waals surface area contributed by atoms with Crippen LogP contribution in [0.1, 0.15) is 40.0 Å². The predicted octanol–water partition coefficient (Wildman–Crippen LogP) is 2.20. The van der Waals surface area contributed by atoms with E-state index in [2.05, 4.69) is 5.32 Å². The number of hydrogen-bond donors (Lipinski definition) is 1. The summed E-state index contributed by atoms with van der Waals surface area (Å²) in [6, 6.07) is -0.263. The lowest BCUT2D eigenvalue weighted by Crippen LogP contribution is -2.53. The number of nitrogens with zero attached hydrogens (tertiary/aromatic N) is 2. The van der Waals surface area contributed by atoms with Crippen LogP contribution in [0.3, 0.4) is 0 Å². The van der Waals surface area contributed by atoms with Gasteiger partial charge in [0.1, 0.15) is 6.04 Å². The van der Waals surface area contributed by atoms with Gasteiger partial charge in [0, 0.05) is 24.3 Å². The highest BCUT2D eigenvalue weighted by Gasteiger charge is 2.41. The summed E-state index contributed by atoms with van der Waals surface area (Å²) in [5, 5.41) is 3.20. The van der Waals surface area contributed by atoms with E-state index in [4.69, 9.17) is 0 Å². The molecule has 0 radical (unpaired) electrons. The number of amides is 2. The van der Waals surface area contributed by atoms with Crippen molar-refractivity contribution in [2.75, 3.05) is 38.3 Å². The summed E-state index contributed by atoms with van der Waals surface area (Å²) < 4.78 is 0. The Labute approximate surface area is 156 Å². The first kappa shape index (κ1) is 21.6. The molecule has 5 nitrogen and oxygen atoms in total. The minimum Gasteiger partial charge on any atom is -0.341 e. The first-order valence-electron chi connectivity index (χ1n) is 8.66. The molecule has 2 amide bonds. The molecule has 2 heterocycles. The summed E-state index contributed by atoms with van der Waals surface area (Å²) in [5.41, 5.74) is -0.427. The maximum Gasteiger partial charge on any atom is 0.246 e. The van der Waals surface area contributed by atoms with Crippen LogP contribution in [-0.2, 0) is 9.59 Å². The summed E-state index contributed by atoms with van der Waals surface area (Å²) in [7, 11) is 1.98. The zero-order valence-electron chi connectivity index (χ0n) is 15.3. The second-order valence-corrected chi connectivity index (χ2v) is 8.70. The van der Waals surface area contributed by atoms with Gasteiger partial charge in [0.25, 0.3) is 0 Å². The Morgan fingerprint density at radius 1 is 1.21 bits per heavy atom. The molecule has 0 aromatic carbocycles. The average Bonchev–Trinajstić information content (AvgIpc) is 3.00. The van der Waals surface area contributed by atoms with Gasteiger partial charge in [-0.2, -0.15) is 0 Å². The van der Waals surface area contributed by atoms with Gasteiger partial charge in [-0.05, 0) is 38.8 Å². The lowest BCUT2D eigenvalue weighted by atomic mass is 9.92. The molecule has 24 heavy (non-hydrogen) atoms. The van der Waals surface area contributed by atoms with Gasteiger partial charge in [-0.25, -0.2) is 0 Å². The van der Waals surface area contributed by atoms with Crippen LogP contribution in [0.2, 0.25) is 0 Å². The van der Waals surface area contributed by atoms with E-state index >= 15 is 0 Å². The van der Waals surface area contributed by atoms with E-state index in [-0.39, 0.29) is 30.3 Å². The van der Waals surface area contributed by atoms with Crippen LogP contribution in [0.5, 0.6) is 0 Å². The molecule has 1 unspecified atom stereocenters. The van der Waals surface area contributed by atoms with Crippen molar-refractivity contribution in [2.45, 2.75) is 46.1 Å². The second-order valence-electron chi connectivity index (χ2n) is 7.70. The Bertz CT molecular complexity index is 434. The molecule has 2 aliphatic rings. The highest BCUT2D eigenvalue weighted by molar-refractivity contribution is 7.99. The maximum atomic E-state index is 12.9. The summed E-state index contributed by atoms with van der Waals surface area (Å²) in [4.78, 5) is 29.2. The number of piperidine rings is 1. The maximum absolute atomic E-state index is 12.9. The largest absolute Gasteiger partial charge is 0.341 e. The zero-order valence-corrected chi connectivity index (χ0v) is 17.0. The van der Waals surface area contributed by atoms with Crippen LogP contribution < -0.4 is 5.32 Å². The third-order valence-electron chi connectivity index (χ3n) is 4.80. The third-order valence-corrected chi connectivity index (χ3v) is 5.81. The first-order valence-corrected chi connectivity index (χ1v) is 9.82. The Balaban J connectivity index is 0.00000288. The van der Waals surface area contributed by atoms with Crippen molar-refractivity contribution >= 4 is 36.0 Å². The predicted molar refractivity (Wildman–Crippen MR) is 103 cm³/mol. The SMILES string of the molecule is CNCCC1CCN(C(=O)C2CSCN2C(=O)C(C)(C)C)CC1.Cl. The molecule has 0 aliphatic carbocycles. The summed E-state index contributed by atoms with van der Waals surface area (Å²) in [5.74, 6) is 2.34. The lowest BCUT2D eigenvalue weighted by Gasteiger charge is -2.36. The summed E-state index contributed by atoms with van der Waals surface area (Å²) in [6.45, 7) is 8.50. The van der Waals surface area contributed by atoms with E-state index < -0.39 is 5.41 Å². The van der Waals surface area contributed by atoms with Gasteiger partial charge >= 0.3 is 0 Å². The Kier molecular flexibility index (Phi) is 8.36. The van der Waals surface area contributed by atoms with Crippen molar-refractivity contribution in [3.8, 4) is 0 Å². The van der Waals surface area contributed by atoms with Crippen molar-refractivity contribution < 1.29 is 9.59 Å². The van der Waals surface area contributed by atoms with Gasteiger partial charge in [0.05, 0.1) is 5.88 Å². The number of rotatable bonds is 4. The average molecular weight is 378 g/mol. The highest BCUT2D eigenvalue weighted by atomic mass is 35.5. The van der Waals surface area contributed by atoms with Crippen molar-refractivity contribution in [2.24, 2.45) is 11.3 Å². The molecular weight excluding hydrogens is 346 g/mol. The van der Waals surface area contributed by atoms with Crippen LogP contribution in [0.4, 0.5) is 0 Å². The van der Waals surface area contributed by atoms with Crippen molar-refractivity contribution in [1.29, 1.82) is 0 Å². The number of nitrogens with one attached hydrogen (secondary N) is 1. The van der Waals surface area contributed by atoms with Crippen LogP contribution in [0.15, 0.2) is 0 Å². The molecule has 0 saturated carbocycles. The molecular formula is C17H32ClN3O2S. The van der Waals surface area contributed by atoms with E-state index in [0.717, 1.165) is 44.1 Å². The molecule has 1 atom stereocenters. The number of hydrogen-bond acceptors (Lipinski definition) is 4. The van der Waals surface area contributed by atoms with E-state index in [1.165, 1.54) is 6.42 Å². The van der Waals surface area contributed by atoms with Gasteiger partial charge in [0.15, 0.2) is 0 Å². The molecule has 2 rings (SSSR count). The Hall–Kier alpha value is -0.460. The van der Waals surface area contributed by atoms with Crippen LogP contribution >= 0.6 is 24.2 Å². The number of carbonyl (C=O) groups is 2. The Morgan fingerprint density at radius 3 is 2.38 bits per heavy atom. The normalized spacial score (nSPS) is 22.4. The standard InChI is InChI=1S/C17H31N3O2S.ClH/c1-17(2,3)16(22)20-12-23-11-14(20)15(21)19-9-6-13(7-10-19)5-8-18-4;/h13-14,18H,5-12H2,1-4H3;1H. The minimum atomic E-state index is -0.427. The zero-order chi connectivity index (χ0) is 17.0. The first-order chi connectivity index (χ1) is 10.8. The second kappa shape index (κ2) is 9.30. The fourth-order valence-corrected chi connectivity index (χ4v) is 4.42. The van der Waals surface area contributed by atoms with Crippen LogP contribution in [-0.4, -0.2) is 66.0 Å². The van der Waals surface area contributed by atoms with Gasteiger partial charge in [-0.1, -0.05) is 20.8 Å². The fraction of sp³-hybridized carbons (Fsp3) is 0.882. The summed E-state index contributed by atoms with van der Waals surface area (Å²) in [6.07, 6.45) is 3.35. The van der Waals surface area contributed by atoms with Gasteiger partial charge in [-0.15, -0.1) is 24.2 Å². The Morgan fingerprint density at radius 2 is 1.83 bits per heavy atom. The lowest BCUT2D eigenvalue weighted by molar-refractivity contribution is -0.148. The molecule has 0 spiro atoms. The van der Waals surface area contributed by atoms with E-state index in [1.807, 2.05) is 32.7 Å². The number of halogens is 1. The van der Waals surface area contributed by atoms with Gasteiger partial charge in [-0.3, -0.25) is 9.59 Å². The molecule has 2 aliphatic heterocycles. The molecule has 0 aromatic rings. The van der Waals surface area contributed by atoms with Crippen LogP contribution in [0, 0.1) is 11.3 Å². The van der Waals surface area contributed by atoms with Gasteiger partial charge < -0.3 is 15.1 Å². The number of likely N-dealkylation sites (tertiary alicyclic amines) is 1. The van der Waals surface area contributed by atoms with Crippen molar-refractivity contribution in [3.63, 3.8) is 0 Å². The minimum absolute atomic E-state index is 0. The van der Waals surface area contributed by atoms with Crippen LogP contribution in [0.25, 0.3) is 0 Å². The molecule has 2 saturated heterocycles. The van der Waals surface area contributed by atoms with Crippen molar-refractivity contribution in [3.05, 3.63) is 0 Å². The quantitative estimate of drug-likeness (QED) is 0.816. The molecule has 1 N–H and O–H groups in total. The van der Waals surface area contributed by atoms with Crippen molar-refractivity contribution in [1.82, 2.24) is 15.1 Å². The van der Waals surface area contributed by atoms with E-state index in [1.54, 1.807) is 16.7 Å². The molecule has 7 heteroatoms. The third kappa shape index (κ3) is 5.27. The topological polar surface area (TPSA) is 52.7 Å². The number of thioether (sulfide) groups is 1. The fourth-order valence-electron chi connectivity index (χ4n) is 3.28. The smallest absolute Gasteiger partial charge is 0.246 e. The highest BCUT2D eigenvalue weighted by Crippen LogP contribution is 2.29. The molecule has 140 valence electrons. The van der Waals surface area contributed by atoms with Gasteiger partial charge in [0.2, 0.25) is 11.8 Å². The monoisotopic (exact) mass is 377 g/mol. The van der Waals surface area contributed by atoms with E-state index in [9.17, 15) is 9.59 Å². The summed E-state index contributed by atoms with van der Waals surface area (Å²) >= 11 is 1.69.